The van der Waals surface area contributed by atoms with Crippen LogP contribution in [0.3, 0.4) is 0 Å². The first-order chi connectivity index (χ1) is 14.9. The summed E-state index contributed by atoms with van der Waals surface area (Å²) in [6, 6.07) is 9.98. The lowest BCUT2D eigenvalue weighted by Crippen LogP contribution is -2.21. The van der Waals surface area contributed by atoms with Gasteiger partial charge in [0.05, 0.1) is 5.76 Å². The molecule has 1 rings (SSSR count). The van der Waals surface area contributed by atoms with Crippen LogP contribution in [0.2, 0.25) is 0 Å². The van der Waals surface area contributed by atoms with E-state index < -0.39 is 0 Å². The lowest BCUT2D eigenvalue weighted by Gasteiger charge is -2.08. The molecule has 0 saturated carbocycles. The zero-order valence-corrected chi connectivity index (χ0v) is 19.4. The fraction of sp³-hybridized carbons (Fsp3) is 0.360. The predicted molar refractivity (Wildman–Crippen MR) is 130 cm³/mol. The van der Waals surface area contributed by atoms with Crippen LogP contribution in [0.25, 0.3) is 0 Å². The van der Waals surface area contributed by atoms with Crippen LogP contribution >= 0.6 is 11.8 Å². The molecule has 31 heavy (non-hydrogen) atoms. The van der Waals surface area contributed by atoms with Crippen molar-refractivity contribution in [1.82, 2.24) is 10.6 Å². The summed E-state index contributed by atoms with van der Waals surface area (Å²) in [5.41, 5.74) is 2.53. The SMILES string of the molecule is C=C(/C=C\C=C(/C)OCc1ccccc1)NC(=O)CCCCCNC(=C)CSC(C)=O. The van der Waals surface area contributed by atoms with Gasteiger partial charge in [0.25, 0.3) is 0 Å². The average molecular weight is 443 g/mol. The van der Waals surface area contributed by atoms with E-state index in [2.05, 4.69) is 23.8 Å². The Labute approximate surface area is 190 Å². The molecule has 0 spiro atoms. The molecular formula is C25H34N2O3S. The Balaban J connectivity index is 2.12. The number of carbonyl (C=O) groups is 2. The summed E-state index contributed by atoms with van der Waals surface area (Å²) in [6.45, 7) is 12.5. The van der Waals surface area contributed by atoms with Crippen LogP contribution in [0.15, 0.2) is 78.9 Å². The standard InChI is InChI=1S/C25H34N2O3S/c1-20(12-11-13-22(3)30-18-24-14-7-5-8-15-24)27-25(29)16-9-6-10-17-26-21(2)19-31-23(4)28/h5,7-8,11-15,26H,1-2,6,9-10,16-19H2,3-4H3,(H,27,29)/b12-11-,22-13+. The third-order valence-electron chi connectivity index (χ3n) is 4.14. The molecule has 1 aromatic rings. The Morgan fingerprint density at radius 1 is 1.10 bits per heavy atom. The molecular weight excluding hydrogens is 408 g/mol. The lowest BCUT2D eigenvalue weighted by atomic mass is 10.2. The number of hydrogen-bond acceptors (Lipinski definition) is 5. The largest absolute Gasteiger partial charge is 0.494 e. The highest BCUT2D eigenvalue weighted by Gasteiger charge is 2.02. The van der Waals surface area contributed by atoms with Gasteiger partial charge in [-0.15, -0.1) is 0 Å². The molecule has 5 nitrogen and oxygen atoms in total. The van der Waals surface area contributed by atoms with E-state index >= 15 is 0 Å². The molecule has 0 saturated heterocycles. The van der Waals surface area contributed by atoms with E-state index in [1.165, 1.54) is 11.8 Å². The van der Waals surface area contributed by atoms with Gasteiger partial charge in [-0.05, 0) is 37.5 Å². The summed E-state index contributed by atoms with van der Waals surface area (Å²) >= 11 is 1.25. The number of rotatable bonds is 15. The fourth-order valence-corrected chi connectivity index (χ4v) is 2.97. The number of carbonyl (C=O) groups excluding carboxylic acids is 2. The second kappa shape index (κ2) is 16.0. The number of thioether (sulfide) groups is 1. The molecule has 0 aliphatic rings. The number of allylic oxidation sites excluding steroid dienone is 4. The van der Waals surface area contributed by atoms with E-state index in [1.807, 2.05) is 49.4 Å². The minimum Gasteiger partial charge on any atom is -0.494 e. The third kappa shape index (κ3) is 14.8. The molecule has 6 heteroatoms. The van der Waals surface area contributed by atoms with Gasteiger partial charge in [0, 0.05) is 37.0 Å². The molecule has 0 fully saturated rings. The van der Waals surface area contributed by atoms with Crippen molar-refractivity contribution in [1.29, 1.82) is 0 Å². The van der Waals surface area contributed by atoms with E-state index in [4.69, 9.17) is 4.74 Å². The van der Waals surface area contributed by atoms with E-state index in [-0.39, 0.29) is 11.0 Å². The Kier molecular flexibility index (Phi) is 13.6. The molecule has 1 amide bonds. The summed E-state index contributed by atoms with van der Waals surface area (Å²) < 4.78 is 5.68. The quantitative estimate of drug-likeness (QED) is 0.221. The zero-order chi connectivity index (χ0) is 22.9. The highest BCUT2D eigenvalue weighted by Crippen LogP contribution is 2.07. The number of ether oxygens (including phenoxy) is 1. The lowest BCUT2D eigenvalue weighted by molar-refractivity contribution is -0.120. The molecule has 0 atom stereocenters. The Morgan fingerprint density at radius 2 is 1.84 bits per heavy atom. The van der Waals surface area contributed by atoms with Gasteiger partial charge in [-0.1, -0.05) is 67.7 Å². The van der Waals surface area contributed by atoms with Gasteiger partial charge < -0.3 is 15.4 Å². The summed E-state index contributed by atoms with van der Waals surface area (Å²) in [4.78, 5) is 22.9. The van der Waals surface area contributed by atoms with Crippen molar-refractivity contribution in [2.75, 3.05) is 12.3 Å². The smallest absolute Gasteiger partial charge is 0.224 e. The van der Waals surface area contributed by atoms with E-state index in [1.54, 1.807) is 13.0 Å². The van der Waals surface area contributed by atoms with Crippen molar-refractivity contribution in [3.8, 4) is 0 Å². The van der Waals surface area contributed by atoms with Crippen LogP contribution in [-0.4, -0.2) is 23.3 Å². The van der Waals surface area contributed by atoms with Crippen molar-refractivity contribution < 1.29 is 14.3 Å². The summed E-state index contributed by atoms with van der Waals surface area (Å²) in [6.07, 6.45) is 8.57. The van der Waals surface area contributed by atoms with Crippen LogP contribution < -0.4 is 10.6 Å². The van der Waals surface area contributed by atoms with E-state index in [9.17, 15) is 9.59 Å². The van der Waals surface area contributed by atoms with Crippen LogP contribution in [-0.2, 0) is 20.9 Å². The second-order valence-electron chi connectivity index (χ2n) is 7.11. The number of amides is 1. The molecule has 0 aliphatic carbocycles. The average Bonchev–Trinajstić information content (AvgIpc) is 2.74. The minimum atomic E-state index is -0.0362. The molecule has 0 aliphatic heterocycles. The third-order valence-corrected chi connectivity index (χ3v) is 5.04. The van der Waals surface area contributed by atoms with Crippen LogP contribution in [0.4, 0.5) is 0 Å². The van der Waals surface area contributed by atoms with E-state index in [0.717, 1.165) is 42.8 Å². The molecule has 2 N–H and O–H groups in total. The van der Waals surface area contributed by atoms with Gasteiger partial charge in [-0.25, -0.2) is 0 Å². The topological polar surface area (TPSA) is 67.4 Å². The molecule has 0 bridgehead atoms. The van der Waals surface area contributed by atoms with Gasteiger partial charge in [-0.2, -0.15) is 0 Å². The first-order valence-corrected chi connectivity index (χ1v) is 11.4. The monoisotopic (exact) mass is 442 g/mol. The molecule has 0 unspecified atom stereocenters. The number of hydrogen-bond donors (Lipinski definition) is 2. The number of benzene rings is 1. The highest BCUT2D eigenvalue weighted by atomic mass is 32.2. The van der Waals surface area contributed by atoms with Gasteiger partial charge >= 0.3 is 0 Å². The maximum Gasteiger partial charge on any atom is 0.224 e. The van der Waals surface area contributed by atoms with Gasteiger partial charge in [0.15, 0.2) is 5.12 Å². The van der Waals surface area contributed by atoms with Crippen molar-refractivity contribution >= 4 is 22.8 Å². The van der Waals surface area contributed by atoms with E-state index in [0.29, 0.717) is 24.5 Å². The minimum absolute atomic E-state index is 0.0362. The predicted octanol–water partition coefficient (Wildman–Crippen LogP) is 5.24. The van der Waals surface area contributed by atoms with Gasteiger partial charge in [-0.3, -0.25) is 9.59 Å². The first kappa shape index (κ1) is 26.3. The van der Waals surface area contributed by atoms with Gasteiger partial charge in [0.1, 0.15) is 6.61 Å². The normalized spacial score (nSPS) is 11.2. The van der Waals surface area contributed by atoms with Crippen molar-refractivity contribution in [3.63, 3.8) is 0 Å². The number of nitrogens with one attached hydrogen (secondary N) is 2. The second-order valence-corrected chi connectivity index (χ2v) is 8.26. The van der Waals surface area contributed by atoms with Crippen LogP contribution in [0.5, 0.6) is 0 Å². The van der Waals surface area contributed by atoms with Crippen molar-refractivity contribution in [2.24, 2.45) is 0 Å². The summed E-state index contributed by atoms with van der Waals surface area (Å²) in [7, 11) is 0. The van der Waals surface area contributed by atoms with Crippen LogP contribution in [0.1, 0.15) is 45.1 Å². The highest BCUT2D eigenvalue weighted by molar-refractivity contribution is 8.13. The molecule has 0 heterocycles. The van der Waals surface area contributed by atoms with Crippen molar-refractivity contribution in [3.05, 3.63) is 84.4 Å². The number of unbranched alkanes of at least 4 members (excludes halogenated alkanes) is 2. The first-order valence-electron chi connectivity index (χ1n) is 10.4. The maximum atomic E-state index is 12.0. The Hall–Kier alpha value is -2.73. The molecule has 1 aromatic carbocycles. The van der Waals surface area contributed by atoms with Crippen molar-refractivity contribution in [2.45, 2.75) is 46.1 Å². The Morgan fingerprint density at radius 3 is 2.55 bits per heavy atom. The Bertz CT molecular complexity index is 785. The molecule has 0 aromatic heterocycles. The van der Waals surface area contributed by atoms with Gasteiger partial charge in [0.2, 0.25) is 5.91 Å². The maximum absolute atomic E-state index is 12.0. The summed E-state index contributed by atoms with van der Waals surface area (Å²) in [5.74, 6) is 1.35. The fourth-order valence-electron chi connectivity index (χ4n) is 2.49. The van der Waals surface area contributed by atoms with Crippen LogP contribution in [0, 0.1) is 0 Å². The molecule has 0 radical (unpaired) electrons. The zero-order valence-electron chi connectivity index (χ0n) is 18.6. The molecule has 168 valence electrons. The summed E-state index contributed by atoms with van der Waals surface area (Å²) in [5, 5.41) is 6.09.